The van der Waals surface area contributed by atoms with Crippen LogP contribution in [0, 0.1) is 0 Å². The minimum atomic E-state index is -0.0764. The zero-order valence-corrected chi connectivity index (χ0v) is 8.45. The van der Waals surface area contributed by atoms with Crippen LogP contribution >= 0.6 is 0 Å². The quantitative estimate of drug-likeness (QED) is 0.621. The molecular weight excluding hydrogens is 176 g/mol. The summed E-state index contributed by atoms with van der Waals surface area (Å²) in [5, 5.41) is 17.3. The van der Waals surface area contributed by atoms with Gasteiger partial charge in [0.05, 0.1) is 0 Å². The Labute approximate surface area is 85.2 Å². The number of para-hydroxylation sites is 2. The second-order valence-electron chi connectivity index (χ2n) is 3.61. The molecule has 0 amide bonds. The maximum Gasteiger partial charge on any atom is 0.157 e. The Morgan fingerprint density at radius 3 is 1.14 bits per heavy atom. The van der Waals surface area contributed by atoms with Gasteiger partial charge in [-0.3, -0.25) is 0 Å². The zero-order chi connectivity index (χ0) is 10.2. The highest BCUT2D eigenvalue weighted by Gasteiger charge is 1.95. The third kappa shape index (κ3) is 4.17. The molecule has 0 radical (unpaired) electrons. The van der Waals surface area contributed by atoms with Crippen LogP contribution in [0.15, 0.2) is 24.3 Å². The summed E-state index contributed by atoms with van der Waals surface area (Å²) in [6.07, 6.45) is 9.00. The molecule has 0 aromatic heterocycles. The Kier molecular flexibility index (Phi) is 4.90. The molecule has 0 aliphatic heterocycles. The topological polar surface area (TPSA) is 40.5 Å². The van der Waals surface area contributed by atoms with Gasteiger partial charge in [0, 0.05) is 0 Å². The van der Waals surface area contributed by atoms with Crippen LogP contribution in [0.1, 0.15) is 38.5 Å². The van der Waals surface area contributed by atoms with Crippen LogP contribution < -0.4 is 0 Å². The van der Waals surface area contributed by atoms with Crippen molar-refractivity contribution in [3.63, 3.8) is 0 Å². The Hall–Kier alpha value is -1.18. The zero-order valence-electron chi connectivity index (χ0n) is 8.45. The molecule has 0 bridgehead atoms. The van der Waals surface area contributed by atoms with E-state index in [1.54, 1.807) is 12.1 Å². The lowest BCUT2D eigenvalue weighted by atomic mass is 10.0. The Balaban J connectivity index is 0.000000146. The summed E-state index contributed by atoms with van der Waals surface area (Å²) >= 11 is 0. The van der Waals surface area contributed by atoms with E-state index in [1.807, 2.05) is 0 Å². The third-order valence-electron chi connectivity index (χ3n) is 2.38. The van der Waals surface area contributed by atoms with Gasteiger partial charge in [-0.15, -0.1) is 0 Å². The number of hydrogen-bond acceptors (Lipinski definition) is 2. The molecule has 2 rings (SSSR count). The van der Waals surface area contributed by atoms with Gasteiger partial charge in [-0.05, 0) is 12.1 Å². The molecule has 78 valence electrons. The molecule has 14 heavy (non-hydrogen) atoms. The molecule has 1 aliphatic carbocycles. The maximum atomic E-state index is 8.67. The van der Waals surface area contributed by atoms with Gasteiger partial charge < -0.3 is 10.2 Å². The summed E-state index contributed by atoms with van der Waals surface area (Å²) in [6.45, 7) is 0. The van der Waals surface area contributed by atoms with Crippen molar-refractivity contribution in [2.45, 2.75) is 38.5 Å². The third-order valence-corrected chi connectivity index (χ3v) is 2.38. The Morgan fingerprint density at radius 2 is 0.929 bits per heavy atom. The highest BCUT2D eigenvalue weighted by atomic mass is 16.3. The van der Waals surface area contributed by atoms with E-state index >= 15 is 0 Å². The Morgan fingerprint density at radius 1 is 0.643 bits per heavy atom. The monoisotopic (exact) mass is 194 g/mol. The normalized spacial score (nSPS) is 15.4. The molecule has 1 aromatic carbocycles. The van der Waals surface area contributed by atoms with E-state index in [0.717, 1.165) is 0 Å². The van der Waals surface area contributed by atoms with Crippen LogP contribution in [0.3, 0.4) is 0 Å². The van der Waals surface area contributed by atoms with Crippen LogP contribution in [0.4, 0.5) is 0 Å². The van der Waals surface area contributed by atoms with Crippen LogP contribution in [0.25, 0.3) is 0 Å². The Bertz CT molecular complexity index is 222. The minimum absolute atomic E-state index is 0.0764. The summed E-state index contributed by atoms with van der Waals surface area (Å²) < 4.78 is 0. The standard InChI is InChI=1S/C6H6O2.C6H12/c7-5-3-1-2-4-6(5)8;1-2-4-6-5-3-1/h1-4,7-8H;1-6H2. The first kappa shape index (κ1) is 10.9. The molecule has 0 heterocycles. The first-order valence-electron chi connectivity index (χ1n) is 5.27. The van der Waals surface area contributed by atoms with Crippen molar-refractivity contribution in [1.82, 2.24) is 0 Å². The van der Waals surface area contributed by atoms with Crippen molar-refractivity contribution in [2.24, 2.45) is 0 Å². The second kappa shape index (κ2) is 6.30. The number of hydrogen-bond donors (Lipinski definition) is 2. The highest BCUT2D eigenvalue weighted by Crippen LogP contribution is 2.21. The minimum Gasteiger partial charge on any atom is -0.504 e. The predicted molar refractivity (Wildman–Crippen MR) is 57.5 cm³/mol. The molecule has 2 heteroatoms. The van der Waals surface area contributed by atoms with Gasteiger partial charge in [-0.2, -0.15) is 0 Å². The van der Waals surface area contributed by atoms with Crippen molar-refractivity contribution in [1.29, 1.82) is 0 Å². The molecule has 0 saturated heterocycles. The molecule has 1 saturated carbocycles. The molecule has 1 aromatic rings. The summed E-state index contributed by atoms with van der Waals surface area (Å²) in [5.74, 6) is -0.153. The number of phenols is 2. The average Bonchev–Trinajstić information content (AvgIpc) is 2.26. The van der Waals surface area contributed by atoms with Gasteiger partial charge in [0.15, 0.2) is 11.5 Å². The van der Waals surface area contributed by atoms with Crippen molar-refractivity contribution in [3.05, 3.63) is 24.3 Å². The van der Waals surface area contributed by atoms with E-state index in [0.29, 0.717) is 0 Å². The van der Waals surface area contributed by atoms with Gasteiger partial charge >= 0.3 is 0 Å². The largest absolute Gasteiger partial charge is 0.504 e. The number of phenolic OH excluding ortho intramolecular Hbond substituents is 2. The summed E-state index contributed by atoms with van der Waals surface area (Å²) in [4.78, 5) is 0. The lowest BCUT2D eigenvalue weighted by Gasteiger charge is -2.05. The van der Waals surface area contributed by atoms with Crippen LogP contribution in [0.2, 0.25) is 0 Å². The average molecular weight is 194 g/mol. The number of rotatable bonds is 0. The van der Waals surface area contributed by atoms with Gasteiger partial charge in [-0.25, -0.2) is 0 Å². The fourth-order valence-corrected chi connectivity index (χ4v) is 1.52. The first-order chi connectivity index (χ1) is 6.80. The van der Waals surface area contributed by atoms with Crippen LogP contribution in [0.5, 0.6) is 11.5 Å². The fraction of sp³-hybridized carbons (Fsp3) is 0.500. The van der Waals surface area contributed by atoms with Crippen molar-refractivity contribution >= 4 is 0 Å². The second-order valence-corrected chi connectivity index (χ2v) is 3.61. The maximum absolute atomic E-state index is 8.67. The van der Waals surface area contributed by atoms with E-state index in [9.17, 15) is 0 Å². The van der Waals surface area contributed by atoms with Crippen molar-refractivity contribution in [3.8, 4) is 11.5 Å². The molecule has 1 fully saturated rings. The number of benzene rings is 1. The summed E-state index contributed by atoms with van der Waals surface area (Å²) in [5.41, 5.74) is 0. The first-order valence-corrected chi connectivity index (χ1v) is 5.27. The molecule has 0 spiro atoms. The lowest BCUT2D eigenvalue weighted by Crippen LogP contribution is -1.85. The molecule has 0 atom stereocenters. The van der Waals surface area contributed by atoms with Gasteiger partial charge in [0.1, 0.15) is 0 Å². The fourth-order valence-electron chi connectivity index (χ4n) is 1.52. The van der Waals surface area contributed by atoms with Gasteiger partial charge in [-0.1, -0.05) is 50.7 Å². The predicted octanol–water partition coefficient (Wildman–Crippen LogP) is 3.44. The molecular formula is C12H18O2. The van der Waals surface area contributed by atoms with E-state index < -0.39 is 0 Å². The van der Waals surface area contributed by atoms with Crippen molar-refractivity contribution in [2.75, 3.05) is 0 Å². The SMILES string of the molecule is C1CCCCC1.Oc1ccccc1O. The van der Waals surface area contributed by atoms with E-state index in [2.05, 4.69) is 0 Å². The van der Waals surface area contributed by atoms with E-state index in [1.165, 1.54) is 50.7 Å². The van der Waals surface area contributed by atoms with Crippen LogP contribution in [-0.2, 0) is 0 Å². The molecule has 0 unspecified atom stereocenters. The van der Waals surface area contributed by atoms with E-state index in [4.69, 9.17) is 10.2 Å². The summed E-state index contributed by atoms with van der Waals surface area (Å²) in [6, 6.07) is 6.15. The van der Waals surface area contributed by atoms with Crippen LogP contribution in [-0.4, -0.2) is 10.2 Å². The van der Waals surface area contributed by atoms with Gasteiger partial charge in [0.25, 0.3) is 0 Å². The lowest BCUT2D eigenvalue weighted by molar-refractivity contribution is 0.404. The smallest absolute Gasteiger partial charge is 0.157 e. The molecule has 1 aliphatic rings. The van der Waals surface area contributed by atoms with E-state index in [-0.39, 0.29) is 11.5 Å². The van der Waals surface area contributed by atoms with Gasteiger partial charge in [0.2, 0.25) is 0 Å². The highest BCUT2D eigenvalue weighted by molar-refractivity contribution is 5.36. The molecule has 2 nitrogen and oxygen atoms in total. The van der Waals surface area contributed by atoms with Crippen molar-refractivity contribution < 1.29 is 10.2 Å². The summed E-state index contributed by atoms with van der Waals surface area (Å²) in [7, 11) is 0. The molecule has 2 N–H and O–H groups in total. The number of aromatic hydroxyl groups is 2.